The van der Waals surface area contributed by atoms with Crippen LogP contribution in [0.15, 0.2) is 42.5 Å². The molecule has 0 spiro atoms. The maximum absolute atomic E-state index is 12.9. The van der Waals surface area contributed by atoms with Gasteiger partial charge in [0, 0.05) is 5.69 Å². The Morgan fingerprint density at radius 2 is 1.67 bits per heavy atom. The van der Waals surface area contributed by atoms with E-state index in [2.05, 4.69) is 10.6 Å². The molecule has 27 heavy (non-hydrogen) atoms. The molecule has 2 aromatic carbocycles. The molecule has 2 amide bonds. The Kier molecular flexibility index (Phi) is 7.59. The lowest BCUT2D eigenvalue weighted by Gasteiger charge is -2.17. The van der Waals surface area contributed by atoms with Gasteiger partial charge in [-0.1, -0.05) is 29.3 Å². The zero-order valence-electron chi connectivity index (χ0n) is 15.0. The van der Waals surface area contributed by atoms with Crippen molar-refractivity contribution in [2.75, 3.05) is 25.5 Å². The number of anilines is 1. The molecule has 0 aromatic heterocycles. The molecular formula is C19H21Cl2FN3O2+. The van der Waals surface area contributed by atoms with Gasteiger partial charge in [0.1, 0.15) is 5.82 Å². The monoisotopic (exact) mass is 412 g/mol. The number of benzene rings is 2. The number of amides is 2. The van der Waals surface area contributed by atoms with Crippen molar-refractivity contribution in [3.63, 3.8) is 0 Å². The van der Waals surface area contributed by atoms with Crippen LogP contribution in [0.2, 0.25) is 10.0 Å². The van der Waals surface area contributed by atoms with Crippen LogP contribution in [0.3, 0.4) is 0 Å². The Morgan fingerprint density at radius 1 is 1.04 bits per heavy atom. The van der Waals surface area contributed by atoms with Gasteiger partial charge in [0.05, 0.1) is 23.1 Å². The number of nitrogens with one attached hydrogen (secondary N) is 3. The molecular weight excluding hydrogens is 392 g/mol. The van der Waals surface area contributed by atoms with Gasteiger partial charge in [-0.05, 0) is 48.9 Å². The van der Waals surface area contributed by atoms with Crippen LogP contribution in [0.25, 0.3) is 0 Å². The smallest absolute Gasteiger partial charge is 0.279 e. The van der Waals surface area contributed by atoms with Crippen molar-refractivity contribution in [3.05, 3.63) is 63.9 Å². The Bertz CT molecular complexity index is 815. The molecule has 0 aliphatic carbocycles. The summed E-state index contributed by atoms with van der Waals surface area (Å²) < 4.78 is 12.9. The number of hydrogen-bond acceptors (Lipinski definition) is 2. The normalized spacial score (nSPS) is 12.9. The Morgan fingerprint density at radius 3 is 2.30 bits per heavy atom. The maximum atomic E-state index is 12.9. The first-order chi connectivity index (χ1) is 12.7. The molecule has 8 heteroatoms. The van der Waals surface area contributed by atoms with E-state index in [9.17, 15) is 14.0 Å². The second-order valence-electron chi connectivity index (χ2n) is 6.33. The van der Waals surface area contributed by atoms with Gasteiger partial charge in [0.25, 0.3) is 11.8 Å². The summed E-state index contributed by atoms with van der Waals surface area (Å²) in [4.78, 5) is 24.9. The third-order valence-electron chi connectivity index (χ3n) is 3.87. The first kappa shape index (κ1) is 21.2. The van der Waals surface area contributed by atoms with E-state index in [0.717, 1.165) is 5.56 Å². The Hall–Kier alpha value is -2.15. The first-order valence-electron chi connectivity index (χ1n) is 8.35. The van der Waals surface area contributed by atoms with E-state index >= 15 is 0 Å². The minimum atomic E-state index is -0.372. The van der Waals surface area contributed by atoms with Crippen LogP contribution in [0.1, 0.15) is 18.5 Å². The molecule has 2 aromatic rings. The largest absolute Gasteiger partial charge is 0.345 e. The average molecular weight is 413 g/mol. The van der Waals surface area contributed by atoms with E-state index in [4.69, 9.17) is 23.2 Å². The summed E-state index contributed by atoms with van der Waals surface area (Å²) in [5.74, 6) is -0.825. The number of carbonyl (C=O) groups is 2. The van der Waals surface area contributed by atoms with Crippen LogP contribution < -0.4 is 15.5 Å². The number of likely N-dealkylation sites (N-methyl/N-ethyl adjacent to an activating group) is 1. The van der Waals surface area contributed by atoms with E-state index in [1.165, 1.54) is 24.3 Å². The van der Waals surface area contributed by atoms with Crippen LogP contribution in [-0.2, 0) is 9.59 Å². The molecule has 0 aliphatic heterocycles. The second-order valence-corrected chi connectivity index (χ2v) is 7.14. The van der Waals surface area contributed by atoms with Crippen molar-refractivity contribution < 1.29 is 18.9 Å². The van der Waals surface area contributed by atoms with E-state index in [1.807, 2.05) is 6.92 Å². The predicted molar refractivity (Wildman–Crippen MR) is 105 cm³/mol. The van der Waals surface area contributed by atoms with E-state index in [1.54, 1.807) is 25.2 Å². The molecule has 0 saturated carbocycles. The third kappa shape index (κ3) is 6.82. The van der Waals surface area contributed by atoms with Crippen LogP contribution in [0.5, 0.6) is 0 Å². The Balaban J connectivity index is 1.81. The fourth-order valence-electron chi connectivity index (χ4n) is 2.51. The molecule has 2 rings (SSSR count). The van der Waals surface area contributed by atoms with Gasteiger partial charge in [-0.2, -0.15) is 0 Å². The number of hydrogen-bond donors (Lipinski definition) is 3. The first-order valence-corrected chi connectivity index (χ1v) is 9.11. The van der Waals surface area contributed by atoms with Gasteiger partial charge in [-0.15, -0.1) is 0 Å². The number of rotatable bonds is 7. The number of halogens is 3. The summed E-state index contributed by atoms with van der Waals surface area (Å²) in [5.41, 5.74) is 1.34. The summed E-state index contributed by atoms with van der Waals surface area (Å²) in [6, 6.07) is 10.4. The molecule has 144 valence electrons. The molecule has 0 aliphatic rings. The fraction of sp³-hybridized carbons (Fsp3) is 0.263. The number of quaternary nitrogens is 1. The van der Waals surface area contributed by atoms with Crippen LogP contribution in [0, 0.1) is 5.82 Å². The van der Waals surface area contributed by atoms with Crippen LogP contribution in [-0.4, -0.2) is 32.0 Å². The van der Waals surface area contributed by atoms with E-state index in [0.29, 0.717) is 20.6 Å². The molecule has 2 atom stereocenters. The topological polar surface area (TPSA) is 62.6 Å². The van der Waals surface area contributed by atoms with Gasteiger partial charge < -0.3 is 15.5 Å². The van der Waals surface area contributed by atoms with Crippen molar-refractivity contribution in [1.82, 2.24) is 5.32 Å². The van der Waals surface area contributed by atoms with Crippen LogP contribution >= 0.6 is 23.2 Å². The van der Waals surface area contributed by atoms with Crippen molar-refractivity contribution in [2.24, 2.45) is 0 Å². The molecule has 0 saturated heterocycles. The molecule has 0 heterocycles. The molecule has 0 radical (unpaired) electrons. The van der Waals surface area contributed by atoms with E-state index in [-0.39, 0.29) is 36.8 Å². The van der Waals surface area contributed by atoms with Crippen molar-refractivity contribution in [2.45, 2.75) is 13.0 Å². The molecule has 0 fully saturated rings. The SMILES string of the molecule is C[C@@H](NC(=O)C[NH+](C)CC(=O)Nc1ccc(F)cc1)c1ccc(Cl)c(Cl)c1. The second kappa shape index (κ2) is 9.69. The summed E-state index contributed by atoms with van der Waals surface area (Å²) in [7, 11) is 1.74. The quantitative estimate of drug-likeness (QED) is 0.653. The van der Waals surface area contributed by atoms with Crippen molar-refractivity contribution in [3.8, 4) is 0 Å². The minimum Gasteiger partial charge on any atom is -0.345 e. The molecule has 5 nitrogen and oxygen atoms in total. The molecule has 3 N–H and O–H groups in total. The lowest BCUT2D eigenvalue weighted by Crippen LogP contribution is -3.11. The zero-order valence-corrected chi connectivity index (χ0v) is 16.5. The summed E-state index contributed by atoms with van der Waals surface area (Å²) in [6.07, 6.45) is 0. The summed E-state index contributed by atoms with van der Waals surface area (Å²) in [5, 5.41) is 6.41. The van der Waals surface area contributed by atoms with Gasteiger partial charge in [-0.3, -0.25) is 9.59 Å². The van der Waals surface area contributed by atoms with Crippen molar-refractivity contribution >= 4 is 40.7 Å². The van der Waals surface area contributed by atoms with Gasteiger partial charge in [-0.25, -0.2) is 4.39 Å². The fourth-order valence-corrected chi connectivity index (χ4v) is 2.81. The number of carbonyl (C=O) groups excluding carboxylic acids is 2. The maximum Gasteiger partial charge on any atom is 0.279 e. The van der Waals surface area contributed by atoms with Gasteiger partial charge >= 0.3 is 0 Å². The van der Waals surface area contributed by atoms with E-state index < -0.39 is 0 Å². The minimum absolute atomic E-state index is 0.103. The highest BCUT2D eigenvalue weighted by Crippen LogP contribution is 2.25. The highest BCUT2D eigenvalue weighted by Gasteiger charge is 2.17. The van der Waals surface area contributed by atoms with Gasteiger partial charge in [0.15, 0.2) is 13.1 Å². The van der Waals surface area contributed by atoms with Crippen molar-refractivity contribution in [1.29, 1.82) is 0 Å². The summed E-state index contributed by atoms with van der Waals surface area (Å²) >= 11 is 11.9. The van der Waals surface area contributed by atoms with Crippen LogP contribution in [0.4, 0.5) is 10.1 Å². The average Bonchev–Trinajstić information content (AvgIpc) is 2.58. The van der Waals surface area contributed by atoms with Gasteiger partial charge in [0.2, 0.25) is 0 Å². The lowest BCUT2D eigenvalue weighted by molar-refractivity contribution is -0.862. The highest BCUT2D eigenvalue weighted by molar-refractivity contribution is 6.42. The lowest BCUT2D eigenvalue weighted by atomic mass is 10.1. The highest BCUT2D eigenvalue weighted by atomic mass is 35.5. The predicted octanol–water partition coefficient (Wildman–Crippen LogP) is 2.46. The zero-order chi connectivity index (χ0) is 20.0. The Labute approximate surface area is 167 Å². The molecule has 1 unspecified atom stereocenters. The standard InChI is InChI=1S/C19H20Cl2FN3O2/c1-12(13-3-8-16(20)17(21)9-13)23-18(26)10-25(2)11-19(27)24-15-6-4-14(22)5-7-15/h3-9,12H,10-11H2,1-2H3,(H,23,26)(H,24,27)/p+1/t12-/m1/s1. The third-order valence-corrected chi connectivity index (χ3v) is 4.61. The summed E-state index contributed by atoms with van der Waals surface area (Å²) in [6.45, 7) is 2.07. The molecule has 0 bridgehead atoms.